The molecule has 3 rings (SSSR count). The van der Waals surface area contributed by atoms with Gasteiger partial charge in [-0.1, -0.05) is 30.3 Å². The van der Waals surface area contributed by atoms with Gasteiger partial charge in [0.1, 0.15) is 5.82 Å². The number of amides is 1. The van der Waals surface area contributed by atoms with Crippen LogP contribution in [-0.4, -0.2) is 46.8 Å². The van der Waals surface area contributed by atoms with E-state index in [2.05, 4.69) is 34.5 Å². The van der Waals surface area contributed by atoms with Crippen molar-refractivity contribution in [2.24, 2.45) is 0 Å². The highest BCUT2D eigenvalue weighted by molar-refractivity contribution is 7.92. The molecule has 1 aliphatic rings. The topological polar surface area (TPSA) is 69.7 Å². The van der Waals surface area contributed by atoms with Crippen LogP contribution in [0.1, 0.15) is 31.2 Å². The van der Waals surface area contributed by atoms with Gasteiger partial charge in [-0.3, -0.25) is 9.10 Å². The number of rotatable bonds is 10. The third-order valence-electron chi connectivity index (χ3n) is 5.42. The van der Waals surface area contributed by atoms with Crippen LogP contribution < -0.4 is 14.5 Å². The van der Waals surface area contributed by atoms with E-state index in [0.717, 1.165) is 42.9 Å². The van der Waals surface area contributed by atoms with Crippen LogP contribution in [0.3, 0.4) is 0 Å². The molecule has 0 saturated carbocycles. The van der Waals surface area contributed by atoms with E-state index in [0.29, 0.717) is 13.0 Å². The molecule has 0 fully saturated rings. The van der Waals surface area contributed by atoms with Crippen molar-refractivity contribution in [2.45, 2.75) is 32.1 Å². The van der Waals surface area contributed by atoms with Crippen LogP contribution in [0, 0.1) is 5.82 Å². The van der Waals surface area contributed by atoms with Gasteiger partial charge in [0, 0.05) is 38.3 Å². The fourth-order valence-electron chi connectivity index (χ4n) is 3.93. The Labute approximate surface area is 184 Å². The standard InChI is InChI=1S/C23H30FN3O3S/c1-31(29,30)27(22-13-5-3-11-20(22)24)18-7-14-23(28)25-15-8-17-26-16-6-10-19-9-2-4-12-21(19)26/h2-5,9,11-13H,6-8,10,14-18H2,1H3,(H,25,28). The Bertz CT molecular complexity index is 997. The molecule has 8 heteroatoms. The number of benzene rings is 2. The van der Waals surface area contributed by atoms with Crippen molar-refractivity contribution in [1.82, 2.24) is 5.32 Å². The third kappa shape index (κ3) is 6.43. The highest BCUT2D eigenvalue weighted by Gasteiger charge is 2.20. The maximum atomic E-state index is 14.0. The Morgan fingerprint density at radius 3 is 2.65 bits per heavy atom. The molecular weight excluding hydrogens is 417 g/mol. The van der Waals surface area contributed by atoms with Gasteiger partial charge in [-0.15, -0.1) is 0 Å². The quantitative estimate of drug-likeness (QED) is 0.567. The second-order valence-electron chi connectivity index (χ2n) is 7.81. The zero-order valence-corrected chi connectivity index (χ0v) is 18.7. The summed E-state index contributed by atoms with van der Waals surface area (Å²) < 4.78 is 39.2. The van der Waals surface area contributed by atoms with Crippen molar-refractivity contribution in [3.8, 4) is 0 Å². The lowest BCUT2D eigenvalue weighted by atomic mass is 10.0. The van der Waals surface area contributed by atoms with Gasteiger partial charge in [0.15, 0.2) is 0 Å². The summed E-state index contributed by atoms with van der Waals surface area (Å²) in [5.74, 6) is -0.724. The predicted molar refractivity (Wildman–Crippen MR) is 122 cm³/mol. The van der Waals surface area contributed by atoms with Crippen LogP contribution in [0.25, 0.3) is 0 Å². The van der Waals surface area contributed by atoms with E-state index in [9.17, 15) is 17.6 Å². The molecule has 0 saturated heterocycles. The summed E-state index contributed by atoms with van der Waals surface area (Å²) in [6.07, 6.45) is 4.63. The number of anilines is 2. The maximum absolute atomic E-state index is 14.0. The minimum Gasteiger partial charge on any atom is -0.371 e. The number of halogens is 1. The van der Waals surface area contributed by atoms with Gasteiger partial charge in [-0.05, 0) is 49.4 Å². The molecule has 0 bridgehead atoms. The lowest BCUT2D eigenvalue weighted by Gasteiger charge is -2.31. The zero-order valence-electron chi connectivity index (χ0n) is 17.9. The normalized spacial score (nSPS) is 13.5. The van der Waals surface area contributed by atoms with Gasteiger partial charge in [0.2, 0.25) is 15.9 Å². The lowest BCUT2D eigenvalue weighted by Crippen LogP contribution is -2.34. The van der Waals surface area contributed by atoms with Crippen molar-refractivity contribution in [3.05, 3.63) is 59.9 Å². The molecule has 31 heavy (non-hydrogen) atoms. The van der Waals surface area contributed by atoms with Gasteiger partial charge in [0.25, 0.3) is 0 Å². The number of para-hydroxylation sites is 2. The average Bonchev–Trinajstić information content (AvgIpc) is 2.74. The number of nitrogens with zero attached hydrogens (tertiary/aromatic N) is 2. The average molecular weight is 448 g/mol. The number of nitrogens with one attached hydrogen (secondary N) is 1. The minimum absolute atomic E-state index is 0.00669. The number of hydrogen-bond donors (Lipinski definition) is 1. The molecule has 1 amide bonds. The van der Waals surface area contributed by atoms with E-state index in [4.69, 9.17) is 0 Å². The Kier molecular flexibility index (Phi) is 7.90. The highest BCUT2D eigenvalue weighted by atomic mass is 32.2. The summed E-state index contributed by atoms with van der Waals surface area (Å²) in [5.41, 5.74) is 2.67. The van der Waals surface area contributed by atoms with Crippen molar-refractivity contribution in [1.29, 1.82) is 0 Å². The second-order valence-corrected chi connectivity index (χ2v) is 9.72. The van der Waals surface area contributed by atoms with Crippen molar-refractivity contribution < 1.29 is 17.6 Å². The van der Waals surface area contributed by atoms with E-state index in [1.807, 2.05) is 0 Å². The molecule has 0 aliphatic carbocycles. The van der Waals surface area contributed by atoms with Gasteiger partial charge in [-0.25, -0.2) is 12.8 Å². The monoisotopic (exact) mass is 447 g/mol. The molecule has 2 aromatic rings. The van der Waals surface area contributed by atoms with Gasteiger partial charge >= 0.3 is 0 Å². The Balaban J connectivity index is 1.41. The first-order valence-corrected chi connectivity index (χ1v) is 12.5. The Morgan fingerprint density at radius 2 is 1.87 bits per heavy atom. The molecule has 0 radical (unpaired) electrons. The number of fused-ring (bicyclic) bond motifs is 1. The molecule has 0 aromatic heterocycles. The smallest absolute Gasteiger partial charge is 0.232 e. The van der Waals surface area contributed by atoms with Gasteiger partial charge < -0.3 is 10.2 Å². The van der Waals surface area contributed by atoms with Gasteiger partial charge in [-0.2, -0.15) is 0 Å². The van der Waals surface area contributed by atoms with E-state index in [1.54, 1.807) is 6.07 Å². The van der Waals surface area contributed by atoms with Crippen LogP contribution in [0.5, 0.6) is 0 Å². The molecule has 0 unspecified atom stereocenters. The molecule has 168 valence electrons. The largest absolute Gasteiger partial charge is 0.371 e. The number of carbonyl (C=O) groups is 1. The first-order chi connectivity index (χ1) is 14.9. The van der Waals surface area contributed by atoms with E-state index < -0.39 is 15.8 Å². The molecule has 1 heterocycles. The Morgan fingerprint density at radius 1 is 1.13 bits per heavy atom. The summed E-state index contributed by atoms with van der Waals surface area (Å²) in [6, 6.07) is 14.2. The van der Waals surface area contributed by atoms with E-state index in [-0.39, 0.29) is 24.6 Å². The fraction of sp³-hybridized carbons (Fsp3) is 0.435. The van der Waals surface area contributed by atoms with Crippen molar-refractivity contribution in [2.75, 3.05) is 41.6 Å². The van der Waals surface area contributed by atoms with Crippen LogP contribution >= 0.6 is 0 Å². The van der Waals surface area contributed by atoms with Crippen LogP contribution in [0.4, 0.5) is 15.8 Å². The summed E-state index contributed by atoms with van der Waals surface area (Å²) in [7, 11) is -3.64. The second kappa shape index (κ2) is 10.6. The number of hydrogen-bond acceptors (Lipinski definition) is 4. The first kappa shape index (κ1) is 23.1. The lowest BCUT2D eigenvalue weighted by molar-refractivity contribution is -0.121. The summed E-state index contributed by atoms with van der Waals surface area (Å²) >= 11 is 0. The molecule has 6 nitrogen and oxygen atoms in total. The molecular formula is C23H30FN3O3S. The molecule has 2 aromatic carbocycles. The number of aryl methyl sites for hydroxylation is 1. The number of carbonyl (C=O) groups excluding carboxylic acids is 1. The van der Waals surface area contributed by atoms with Crippen LogP contribution in [0.2, 0.25) is 0 Å². The Hall–Kier alpha value is -2.61. The molecule has 0 atom stereocenters. The molecule has 1 N–H and O–H groups in total. The summed E-state index contributed by atoms with van der Waals surface area (Å²) in [6.45, 7) is 2.53. The summed E-state index contributed by atoms with van der Waals surface area (Å²) in [4.78, 5) is 14.5. The third-order valence-corrected chi connectivity index (χ3v) is 6.60. The molecule has 1 aliphatic heterocycles. The SMILES string of the molecule is CS(=O)(=O)N(CCCC(=O)NCCCN1CCCc2ccccc21)c1ccccc1F. The van der Waals surface area contributed by atoms with Crippen LogP contribution in [0.15, 0.2) is 48.5 Å². The fourth-order valence-corrected chi connectivity index (χ4v) is 4.90. The van der Waals surface area contributed by atoms with E-state index in [1.165, 1.54) is 29.4 Å². The first-order valence-electron chi connectivity index (χ1n) is 10.7. The zero-order chi connectivity index (χ0) is 22.3. The van der Waals surface area contributed by atoms with E-state index >= 15 is 0 Å². The maximum Gasteiger partial charge on any atom is 0.232 e. The molecule has 0 spiro atoms. The van der Waals surface area contributed by atoms with Crippen molar-refractivity contribution >= 4 is 27.3 Å². The highest BCUT2D eigenvalue weighted by Crippen LogP contribution is 2.26. The number of sulfonamides is 1. The van der Waals surface area contributed by atoms with Crippen molar-refractivity contribution in [3.63, 3.8) is 0 Å². The summed E-state index contributed by atoms with van der Waals surface area (Å²) in [5, 5.41) is 2.90. The van der Waals surface area contributed by atoms with Crippen LogP contribution in [-0.2, 0) is 21.2 Å². The van der Waals surface area contributed by atoms with Gasteiger partial charge in [0.05, 0.1) is 11.9 Å². The predicted octanol–water partition coefficient (Wildman–Crippen LogP) is 3.33. The minimum atomic E-state index is -3.64.